The molecule has 0 saturated carbocycles. The Morgan fingerprint density at radius 1 is 1.06 bits per heavy atom. The normalized spacial score (nSPS) is 14.0. The molecule has 4 rings (SSSR count). The molecule has 2 heterocycles. The first-order chi connectivity index (χ1) is 17.0. The number of benzene rings is 2. The van der Waals surface area contributed by atoms with Gasteiger partial charge in [0.25, 0.3) is 5.91 Å². The number of methoxy groups -OCH3 is 1. The predicted molar refractivity (Wildman–Crippen MR) is 140 cm³/mol. The zero-order valence-electron chi connectivity index (χ0n) is 19.7. The van der Waals surface area contributed by atoms with Crippen LogP contribution in [-0.4, -0.2) is 44.2 Å². The Labute approximate surface area is 216 Å². The molecule has 2 aromatic carbocycles. The van der Waals surface area contributed by atoms with Gasteiger partial charge in [-0.1, -0.05) is 29.3 Å². The number of carbonyl (C=O) groups is 1. The predicted octanol–water partition coefficient (Wildman–Crippen LogP) is 5.66. The van der Waals surface area contributed by atoms with E-state index in [0.717, 1.165) is 31.5 Å². The lowest BCUT2D eigenvalue weighted by molar-refractivity contribution is 0.0944. The lowest BCUT2D eigenvalue weighted by Gasteiger charge is -2.33. The summed E-state index contributed by atoms with van der Waals surface area (Å²) in [7, 11) is 1.58. The fourth-order valence-electron chi connectivity index (χ4n) is 4.22. The monoisotopic (exact) mass is 513 g/mol. The molecule has 1 aliphatic heterocycles. The molecule has 1 saturated heterocycles. The first-order valence-electron chi connectivity index (χ1n) is 11.7. The molecule has 0 unspecified atom stereocenters. The Hall–Kier alpha value is -2.96. The number of hydrogen-bond acceptors (Lipinski definition) is 5. The molecule has 6 nitrogen and oxygen atoms in total. The highest BCUT2D eigenvalue weighted by atomic mass is 35.5. The summed E-state index contributed by atoms with van der Waals surface area (Å²) in [4.78, 5) is 19.3. The van der Waals surface area contributed by atoms with Gasteiger partial charge in [0.05, 0.1) is 13.7 Å². The smallest absolute Gasteiger partial charge is 0.251 e. The molecule has 0 aliphatic carbocycles. The van der Waals surface area contributed by atoms with Crippen LogP contribution in [0.25, 0.3) is 0 Å². The van der Waals surface area contributed by atoms with Gasteiger partial charge in [-0.25, -0.2) is 0 Å². The maximum Gasteiger partial charge on any atom is 0.251 e. The van der Waals surface area contributed by atoms with Crippen molar-refractivity contribution in [2.24, 2.45) is 5.92 Å². The summed E-state index contributed by atoms with van der Waals surface area (Å²) >= 11 is 12.2. The molecule has 1 amide bonds. The lowest BCUT2D eigenvalue weighted by atomic mass is 9.96. The molecule has 8 heteroatoms. The molecule has 0 radical (unpaired) electrons. The molecule has 0 atom stereocenters. The molecule has 1 fully saturated rings. The lowest BCUT2D eigenvalue weighted by Crippen LogP contribution is -2.38. The van der Waals surface area contributed by atoms with Gasteiger partial charge in [-0.15, -0.1) is 0 Å². The van der Waals surface area contributed by atoms with Crippen LogP contribution >= 0.6 is 23.2 Å². The number of pyridine rings is 1. The SMILES string of the molecule is COc1ccc(C(=O)NCC2CCN(c3ccncc3)CC2)cc1OCCc1ccc(Cl)cc1Cl. The minimum atomic E-state index is -0.116. The van der Waals surface area contributed by atoms with Crippen LogP contribution in [0, 0.1) is 5.92 Å². The maximum absolute atomic E-state index is 12.8. The summed E-state index contributed by atoms with van der Waals surface area (Å²) in [5.41, 5.74) is 2.69. The standard InChI is InChI=1S/C27H29Cl2N3O3/c1-34-25-5-3-21(16-26(25)35-15-10-20-2-4-22(28)17-24(20)29)27(33)31-18-19-8-13-32(14-9-19)23-6-11-30-12-7-23/h2-7,11-12,16-17,19H,8-10,13-15,18H2,1H3,(H,31,33). The van der Waals surface area contributed by atoms with Gasteiger partial charge >= 0.3 is 0 Å². The number of aromatic nitrogens is 1. The molecule has 0 bridgehead atoms. The fourth-order valence-corrected chi connectivity index (χ4v) is 4.72. The van der Waals surface area contributed by atoms with E-state index in [-0.39, 0.29) is 5.91 Å². The van der Waals surface area contributed by atoms with E-state index in [1.54, 1.807) is 37.4 Å². The van der Waals surface area contributed by atoms with Crippen molar-refractivity contribution in [2.45, 2.75) is 19.3 Å². The van der Waals surface area contributed by atoms with Crippen molar-refractivity contribution in [3.05, 3.63) is 82.1 Å². The summed E-state index contributed by atoms with van der Waals surface area (Å²) in [6.07, 6.45) is 6.32. The molecule has 1 N–H and O–H groups in total. The summed E-state index contributed by atoms with van der Waals surface area (Å²) in [6, 6.07) is 14.7. The second-order valence-electron chi connectivity index (χ2n) is 8.55. The first kappa shape index (κ1) is 25.1. The number of halogens is 2. The molecule has 184 valence electrons. The van der Waals surface area contributed by atoms with Gasteiger partial charge in [-0.05, 0) is 66.8 Å². The number of carbonyl (C=O) groups excluding carboxylic acids is 1. The Balaban J connectivity index is 1.29. The molecule has 3 aromatic rings. The molecular weight excluding hydrogens is 485 g/mol. The number of ether oxygens (including phenoxy) is 2. The van der Waals surface area contributed by atoms with Gasteiger partial charge in [0.1, 0.15) is 0 Å². The van der Waals surface area contributed by atoms with Gasteiger partial charge in [-0.3, -0.25) is 9.78 Å². The highest BCUT2D eigenvalue weighted by molar-refractivity contribution is 6.35. The van der Waals surface area contributed by atoms with Crippen molar-refractivity contribution in [3.8, 4) is 11.5 Å². The quantitative estimate of drug-likeness (QED) is 0.399. The fraction of sp³-hybridized carbons (Fsp3) is 0.333. The minimum Gasteiger partial charge on any atom is -0.493 e. The highest BCUT2D eigenvalue weighted by Gasteiger charge is 2.20. The van der Waals surface area contributed by atoms with Gasteiger partial charge in [0.2, 0.25) is 0 Å². The third-order valence-electron chi connectivity index (χ3n) is 6.26. The molecular formula is C27H29Cl2N3O3. The van der Waals surface area contributed by atoms with Crippen molar-refractivity contribution in [1.82, 2.24) is 10.3 Å². The molecule has 1 aliphatic rings. The second kappa shape index (κ2) is 12.1. The van der Waals surface area contributed by atoms with Gasteiger partial charge < -0.3 is 19.7 Å². The average molecular weight is 514 g/mol. The zero-order chi connectivity index (χ0) is 24.6. The van der Waals surface area contributed by atoms with E-state index in [2.05, 4.69) is 15.2 Å². The number of hydrogen-bond donors (Lipinski definition) is 1. The van der Waals surface area contributed by atoms with E-state index in [1.165, 1.54) is 5.69 Å². The number of nitrogens with one attached hydrogen (secondary N) is 1. The maximum atomic E-state index is 12.8. The van der Waals surface area contributed by atoms with Crippen LogP contribution in [-0.2, 0) is 6.42 Å². The summed E-state index contributed by atoms with van der Waals surface area (Å²) in [6.45, 7) is 2.99. The molecule has 0 spiro atoms. The van der Waals surface area contributed by atoms with Crippen LogP contribution in [0.1, 0.15) is 28.8 Å². The van der Waals surface area contributed by atoms with E-state index in [9.17, 15) is 4.79 Å². The Morgan fingerprint density at radius 3 is 2.54 bits per heavy atom. The first-order valence-corrected chi connectivity index (χ1v) is 12.5. The van der Waals surface area contributed by atoms with Crippen molar-refractivity contribution in [1.29, 1.82) is 0 Å². The van der Waals surface area contributed by atoms with Crippen LogP contribution in [0.5, 0.6) is 11.5 Å². The number of piperidine rings is 1. The van der Waals surface area contributed by atoms with Crippen LogP contribution in [0.2, 0.25) is 10.0 Å². The van der Waals surface area contributed by atoms with Crippen molar-refractivity contribution in [2.75, 3.05) is 38.3 Å². The van der Waals surface area contributed by atoms with Crippen molar-refractivity contribution >= 4 is 34.8 Å². The minimum absolute atomic E-state index is 0.116. The average Bonchev–Trinajstić information content (AvgIpc) is 2.89. The van der Waals surface area contributed by atoms with Gasteiger partial charge in [0, 0.05) is 59.7 Å². The van der Waals surface area contributed by atoms with Crippen LogP contribution in [0.15, 0.2) is 60.9 Å². The topological polar surface area (TPSA) is 63.7 Å². The largest absolute Gasteiger partial charge is 0.493 e. The second-order valence-corrected chi connectivity index (χ2v) is 9.39. The van der Waals surface area contributed by atoms with E-state index < -0.39 is 0 Å². The van der Waals surface area contributed by atoms with Crippen molar-refractivity contribution in [3.63, 3.8) is 0 Å². The number of anilines is 1. The Kier molecular flexibility index (Phi) is 8.72. The Bertz CT molecular complexity index is 1140. The summed E-state index contributed by atoms with van der Waals surface area (Å²) in [5.74, 6) is 1.44. The van der Waals surface area contributed by atoms with E-state index in [0.29, 0.717) is 52.6 Å². The van der Waals surface area contributed by atoms with Crippen molar-refractivity contribution < 1.29 is 14.3 Å². The van der Waals surface area contributed by atoms with Crippen LogP contribution < -0.4 is 19.7 Å². The number of nitrogens with zero attached hydrogens (tertiary/aromatic N) is 2. The molecule has 35 heavy (non-hydrogen) atoms. The Morgan fingerprint density at radius 2 is 1.83 bits per heavy atom. The number of amides is 1. The third kappa shape index (κ3) is 6.80. The van der Waals surface area contributed by atoms with Crippen LogP contribution in [0.4, 0.5) is 5.69 Å². The molecule has 1 aromatic heterocycles. The summed E-state index contributed by atoms with van der Waals surface area (Å²) < 4.78 is 11.4. The van der Waals surface area contributed by atoms with E-state index >= 15 is 0 Å². The van der Waals surface area contributed by atoms with Crippen LogP contribution in [0.3, 0.4) is 0 Å². The number of rotatable bonds is 9. The highest BCUT2D eigenvalue weighted by Crippen LogP contribution is 2.29. The van der Waals surface area contributed by atoms with E-state index in [1.807, 2.05) is 30.6 Å². The van der Waals surface area contributed by atoms with E-state index in [4.69, 9.17) is 32.7 Å². The summed E-state index contributed by atoms with van der Waals surface area (Å²) in [5, 5.41) is 4.29. The third-order valence-corrected chi connectivity index (χ3v) is 6.85. The van der Waals surface area contributed by atoms with Gasteiger partial charge in [0.15, 0.2) is 11.5 Å². The van der Waals surface area contributed by atoms with Gasteiger partial charge in [-0.2, -0.15) is 0 Å². The zero-order valence-corrected chi connectivity index (χ0v) is 21.2.